The molecule has 5 rings (SSSR count). The molecule has 12 heteroatoms. The van der Waals surface area contributed by atoms with Crippen LogP contribution in [0.1, 0.15) is 32.6 Å². The molecule has 0 aromatic rings. The summed E-state index contributed by atoms with van der Waals surface area (Å²) in [6, 6.07) is 0. The zero-order valence-electron chi connectivity index (χ0n) is 29.8. The molecule has 4 aliphatic carbocycles. The summed E-state index contributed by atoms with van der Waals surface area (Å²) in [4.78, 5) is 28.7. The van der Waals surface area contributed by atoms with Crippen LogP contribution in [0.2, 0.25) is 78.6 Å². The third kappa shape index (κ3) is 5.07. The van der Waals surface area contributed by atoms with Gasteiger partial charge in [-0.25, -0.2) is 0 Å². The van der Waals surface area contributed by atoms with Gasteiger partial charge in [-0.1, -0.05) is 6.58 Å². The number of hydrogen-bond acceptors (Lipinski definition) is 8. The highest BCUT2D eigenvalue weighted by atomic mass is 28.4. The smallest absolute Gasteiger partial charge is 0.315 e. The van der Waals surface area contributed by atoms with E-state index in [-0.39, 0.29) is 30.1 Å². The maximum absolute atomic E-state index is 14.4. The van der Waals surface area contributed by atoms with Gasteiger partial charge in [0.05, 0.1) is 36.8 Å². The van der Waals surface area contributed by atoms with Crippen molar-refractivity contribution in [2.75, 3.05) is 7.11 Å². The van der Waals surface area contributed by atoms with E-state index in [1.54, 1.807) is 0 Å². The Balaban J connectivity index is 1.80. The topological polar surface area (TPSA) is 89.5 Å². The molecule has 5 fully saturated rings. The molecule has 0 radical (unpaired) electrons. The van der Waals surface area contributed by atoms with E-state index in [2.05, 4.69) is 78.6 Å². The molecular formula is C32H58O8Si4. The van der Waals surface area contributed by atoms with E-state index in [9.17, 15) is 9.59 Å². The molecule has 1 spiro atoms. The van der Waals surface area contributed by atoms with Gasteiger partial charge in [0.25, 0.3) is 0 Å². The number of rotatable bonds is 9. The lowest BCUT2D eigenvalue weighted by atomic mass is 9.59. The first-order chi connectivity index (χ1) is 19.8. The van der Waals surface area contributed by atoms with Gasteiger partial charge in [0.15, 0.2) is 33.3 Å². The minimum Gasteiger partial charge on any atom is -0.469 e. The molecule has 44 heavy (non-hydrogen) atoms. The lowest BCUT2D eigenvalue weighted by Gasteiger charge is -2.53. The molecule has 0 amide bonds. The van der Waals surface area contributed by atoms with Crippen LogP contribution in [0.15, 0.2) is 12.2 Å². The highest BCUT2D eigenvalue weighted by molar-refractivity contribution is 6.71. The SMILES string of the molecule is C=C1[C@@H](O[Si](C)(C)C)[C@]23C[C@@]1(O[Si](C)(C)C)[C@@H](O[Si](C)(C)C)CC2[C@@]12CC[C@H](O[Si](C)(C)C)C(C)(C(=O)O1)C2C3C(=O)OC. The maximum atomic E-state index is 14.4. The summed E-state index contributed by atoms with van der Waals surface area (Å²) in [6.07, 6.45) is 1.45. The second-order valence-electron chi connectivity index (χ2n) is 18.4. The van der Waals surface area contributed by atoms with E-state index in [1.165, 1.54) is 7.11 Å². The maximum Gasteiger partial charge on any atom is 0.315 e. The van der Waals surface area contributed by atoms with E-state index >= 15 is 0 Å². The molecule has 4 saturated carbocycles. The fourth-order valence-electron chi connectivity index (χ4n) is 10.1. The third-order valence-corrected chi connectivity index (χ3v) is 14.7. The quantitative estimate of drug-likeness (QED) is 0.151. The van der Waals surface area contributed by atoms with Crippen molar-refractivity contribution in [1.82, 2.24) is 0 Å². The molecule has 8 nitrogen and oxygen atoms in total. The van der Waals surface area contributed by atoms with Gasteiger partial charge in [0, 0.05) is 17.3 Å². The summed E-state index contributed by atoms with van der Waals surface area (Å²) in [5.41, 5.74) is -2.47. The van der Waals surface area contributed by atoms with Gasteiger partial charge in [-0.15, -0.1) is 0 Å². The Morgan fingerprint density at radius 1 is 0.864 bits per heavy atom. The average Bonchev–Trinajstić information content (AvgIpc) is 3.24. The molecular weight excluding hydrogens is 625 g/mol. The van der Waals surface area contributed by atoms with Gasteiger partial charge < -0.3 is 27.2 Å². The highest BCUT2D eigenvalue weighted by Gasteiger charge is 2.88. The molecule has 0 aromatic carbocycles. The molecule has 1 saturated heterocycles. The van der Waals surface area contributed by atoms with Crippen LogP contribution in [0.5, 0.6) is 0 Å². The Kier molecular flexibility index (Phi) is 8.04. The summed E-state index contributed by atoms with van der Waals surface area (Å²) in [7, 11) is -7.02. The number of hydrogen-bond donors (Lipinski definition) is 0. The van der Waals surface area contributed by atoms with Crippen LogP contribution >= 0.6 is 0 Å². The zero-order valence-corrected chi connectivity index (χ0v) is 33.8. The Labute approximate surface area is 269 Å². The van der Waals surface area contributed by atoms with Gasteiger partial charge in [0.1, 0.15) is 11.2 Å². The van der Waals surface area contributed by atoms with Gasteiger partial charge in [-0.2, -0.15) is 0 Å². The molecule has 1 heterocycles. The summed E-state index contributed by atoms with van der Waals surface area (Å²) < 4.78 is 40.9. The predicted octanol–water partition coefficient (Wildman–Crippen LogP) is 6.72. The molecule has 4 unspecified atom stereocenters. The van der Waals surface area contributed by atoms with Crippen LogP contribution in [0, 0.1) is 28.6 Å². The Hall–Kier alpha value is -0.612. The van der Waals surface area contributed by atoms with Crippen LogP contribution in [0.3, 0.4) is 0 Å². The summed E-state index contributed by atoms with van der Waals surface area (Å²) in [6.45, 7) is 33.1. The number of carbonyl (C=O) groups excluding carboxylic acids is 2. The lowest BCUT2D eigenvalue weighted by molar-refractivity contribution is -0.175. The largest absolute Gasteiger partial charge is 0.469 e. The van der Waals surface area contributed by atoms with Crippen molar-refractivity contribution in [2.24, 2.45) is 28.6 Å². The Morgan fingerprint density at radius 2 is 1.41 bits per heavy atom. The fourth-order valence-corrected chi connectivity index (χ4v) is 14.9. The number of ether oxygens (including phenoxy) is 2. The highest BCUT2D eigenvalue weighted by Crippen LogP contribution is 2.80. The Bertz CT molecular complexity index is 1230. The van der Waals surface area contributed by atoms with E-state index in [0.29, 0.717) is 25.7 Å². The number of fused-ring (bicyclic) bond motifs is 1. The molecule has 1 aliphatic heterocycles. The lowest BCUT2D eigenvalue weighted by Crippen LogP contribution is -2.60. The summed E-state index contributed by atoms with van der Waals surface area (Å²) >= 11 is 0. The molecule has 0 aromatic heterocycles. The number of carbonyl (C=O) groups is 2. The Morgan fingerprint density at radius 3 is 1.91 bits per heavy atom. The van der Waals surface area contributed by atoms with Gasteiger partial charge in [-0.3, -0.25) is 9.59 Å². The second kappa shape index (κ2) is 10.2. The first-order valence-electron chi connectivity index (χ1n) is 16.5. The minimum atomic E-state index is -2.19. The van der Waals surface area contributed by atoms with Crippen LogP contribution < -0.4 is 0 Å². The summed E-state index contributed by atoms with van der Waals surface area (Å²) in [5.74, 6) is -1.78. The third-order valence-electron chi connectivity index (χ3n) is 10.8. The van der Waals surface area contributed by atoms with E-state index < -0.39 is 73.2 Å². The number of esters is 2. The molecule has 10 atom stereocenters. The number of methoxy groups -OCH3 is 1. The van der Waals surface area contributed by atoms with Crippen molar-refractivity contribution in [3.63, 3.8) is 0 Å². The van der Waals surface area contributed by atoms with Crippen LogP contribution in [0.25, 0.3) is 0 Å². The van der Waals surface area contributed by atoms with E-state index in [1.807, 2.05) is 6.92 Å². The predicted molar refractivity (Wildman–Crippen MR) is 181 cm³/mol. The first kappa shape index (κ1) is 34.7. The molecule has 5 aliphatic rings. The fraction of sp³-hybridized carbons (Fsp3) is 0.875. The van der Waals surface area contributed by atoms with Crippen molar-refractivity contribution in [1.29, 1.82) is 0 Å². The van der Waals surface area contributed by atoms with Gasteiger partial charge >= 0.3 is 11.9 Å². The average molecular weight is 683 g/mol. The standard InChI is InChI=1S/C32H58O8Si4/c1-20-26(39-43(10,11)12)30-19-32(20,40-44(13,14)15)23(38-42(7,8)9)18-21(30)31-17-16-22(37-41(4,5)6)29(2,28(34)36-31)25(31)24(30)27(33)35-3/h21-26H,1,16-19H2,2-15H3/t21?,22-,23-,24?,25?,26+,29?,30+,31+,32-/m0/s1. The normalized spacial score (nSPS) is 43.5. The second-order valence-corrected chi connectivity index (χ2v) is 36.2. The summed E-state index contributed by atoms with van der Waals surface area (Å²) in [5, 5.41) is 0. The van der Waals surface area contributed by atoms with Crippen molar-refractivity contribution < 1.29 is 36.8 Å². The van der Waals surface area contributed by atoms with Crippen LogP contribution in [-0.2, 0) is 36.8 Å². The van der Waals surface area contributed by atoms with Crippen LogP contribution in [0.4, 0.5) is 0 Å². The molecule has 4 bridgehead atoms. The van der Waals surface area contributed by atoms with Gasteiger partial charge in [0.2, 0.25) is 0 Å². The molecule has 250 valence electrons. The first-order valence-corrected chi connectivity index (χ1v) is 30.1. The van der Waals surface area contributed by atoms with Crippen molar-refractivity contribution in [3.05, 3.63) is 12.2 Å². The minimum absolute atomic E-state index is 0.178. The monoisotopic (exact) mass is 682 g/mol. The van der Waals surface area contributed by atoms with Gasteiger partial charge in [-0.05, 0) is 117 Å². The van der Waals surface area contributed by atoms with E-state index in [4.69, 9.17) is 33.8 Å². The van der Waals surface area contributed by atoms with Crippen LogP contribution in [-0.4, -0.2) is 81.8 Å². The zero-order chi connectivity index (χ0) is 33.3. The van der Waals surface area contributed by atoms with E-state index in [0.717, 1.165) is 5.57 Å². The van der Waals surface area contributed by atoms with Crippen molar-refractivity contribution in [2.45, 2.75) is 141 Å². The molecule has 0 N–H and O–H groups in total. The van der Waals surface area contributed by atoms with Crippen molar-refractivity contribution in [3.8, 4) is 0 Å². The van der Waals surface area contributed by atoms with Crippen molar-refractivity contribution >= 4 is 45.2 Å².